The molecule has 9 heteroatoms. The summed E-state index contributed by atoms with van der Waals surface area (Å²) in [5, 5.41) is 12.8. The molecule has 4 rings (SSSR count). The SMILES string of the molecule is NC(=O)NC(=O)[C@H](Sc1nnc(Cc2cccs2)n1-c1ccccc1)c1ccccc1. The van der Waals surface area contributed by atoms with Gasteiger partial charge in [0.2, 0.25) is 5.91 Å². The van der Waals surface area contributed by atoms with Gasteiger partial charge in [0.1, 0.15) is 11.1 Å². The van der Waals surface area contributed by atoms with Crippen LogP contribution in [0.5, 0.6) is 0 Å². The summed E-state index contributed by atoms with van der Waals surface area (Å²) < 4.78 is 1.94. The summed E-state index contributed by atoms with van der Waals surface area (Å²) in [6.07, 6.45) is 0.615. The molecule has 2 heterocycles. The van der Waals surface area contributed by atoms with Crippen LogP contribution >= 0.6 is 23.1 Å². The number of imide groups is 1. The second kappa shape index (κ2) is 9.59. The Labute approximate surface area is 187 Å². The number of primary amides is 1. The number of carbonyl (C=O) groups excluding carboxylic acids is 2. The van der Waals surface area contributed by atoms with Crippen molar-refractivity contribution in [2.75, 3.05) is 0 Å². The van der Waals surface area contributed by atoms with Crippen molar-refractivity contribution in [2.24, 2.45) is 5.73 Å². The lowest BCUT2D eigenvalue weighted by Gasteiger charge is -2.16. The predicted octanol–water partition coefficient (Wildman–Crippen LogP) is 3.95. The molecule has 3 amide bonds. The molecule has 0 saturated heterocycles. The van der Waals surface area contributed by atoms with Gasteiger partial charge < -0.3 is 5.73 Å². The molecule has 2 aromatic heterocycles. The summed E-state index contributed by atoms with van der Waals surface area (Å²) in [6.45, 7) is 0. The van der Waals surface area contributed by atoms with Gasteiger partial charge in [0, 0.05) is 17.0 Å². The Bertz CT molecular complexity index is 1160. The lowest BCUT2D eigenvalue weighted by molar-refractivity contribution is -0.119. The summed E-state index contributed by atoms with van der Waals surface area (Å²) in [6, 6.07) is 22.1. The van der Waals surface area contributed by atoms with Crippen LogP contribution in [0, 0.1) is 0 Å². The van der Waals surface area contributed by atoms with Crippen LogP contribution in [0.4, 0.5) is 4.79 Å². The highest BCUT2D eigenvalue weighted by atomic mass is 32.2. The topological polar surface area (TPSA) is 103 Å². The number of aromatic nitrogens is 3. The lowest BCUT2D eigenvalue weighted by atomic mass is 10.1. The first-order valence-corrected chi connectivity index (χ1v) is 11.2. The quantitative estimate of drug-likeness (QED) is 0.416. The number of amides is 3. The number of hydrogen-bond donors (Lipinski definition) is 2. The van der Waals surface area contributed by atoms with E-state index in [0.29, 0.717) is 11.6 Å². The van der Waals surface area contributed by atoms with Gasteiger partial charge in [0.25, 0.3) is 0 Å². The maximum absolute atomic E-state index is 12.8. The number of nitrogens with one attached hydrogen (secondary N) is 1. The number of nitrogens with two attached hydrogens (primary N) is 1. The fraction of sp³-hybridized carbons (Fsp3) is 0.0909. The Hall–Kier alpha value is -3.43. The molecule has 156 valence electrons. The molecule has 0 bridgehead atoms. The van der Waals surface area contributed by atoms with Crippen molar-refractivity contribution in [3.63, 3.8) is 0 Å². The number of thioether (sulfide) groups is 1. The van der Waals surface area contributed by atoms with Crippen LogP contribution in [-0.4, -0.2) is 26.7 Å². The van der Waals surface area contributed by atoms with Crippen LogP contribution in [0.1, 0.15) is 21.5 Å². The van der Waals surface area contributed by atoms with Gasteiger partial charge in [-0.25, -0.2) is 4.79 Å². The fourth-order valence-corrected chi connectivity index (χ4v) is 4.87. The first-order valence-electron chi connectivity index (χ1n) is 9.46. The summed E-state index contributed by atoms with van der Waals surface area (Å²) in [5.74, 6) is 0.254. The zero-order chi connectivity index (χ0) is 21.6. The van der Waals surface area contributed by atoms with Gasteiger partial charge in [-0.3, -0.25) is 14.7 Å². The van der Waals surface area contributed by atoms with Gasteiger partial charge >= 0.3 is 6.03 Å². The molecule has 0 fully saturated rings. The van der Waals surface area contributed by atoms with E-state index in [0.717, 1.165) is 22.0 Å². The minimum atomic E-state index is -0.894. The van der Waals surface area contributed by atoms with E-state index in [9.17, 15) is 9.59 Å². The van der Waals surface area contributed by atoms with Crippen LogP contribution < -0.4 is 11.1 Å². The van der Waals surface area contributed by atoms with Crippen LogP contribution in [0.2, 0.25) is 0 Å². The Balaban J connectivity index is 1.74. The van der Waals surface area contributed by atoms with Gasteiger partial charge in [-0.05, 0) is 29.1 Å². The first kappa shape index (κ1) is 20.8. The van der Waals surface area contributed by atoms with Gasteiger partial charge in [0.05, 0.1) is 0 Å². The van der Waals surface area contributed by atoms with Crippen LogP contribution in [-0.2, 0) is 11.2 Å². The second-order valence-electron chi connectivity index (χ2n) is 6.59. The maximum Gasteiger partial charge on any atom is 0.318 e. The summed E-state index contributed by atoms with van der Waals surface area (Å²) in [5.41, 5.74) is 6.81. The normalized spacial score (nSPS) is 11.7. The van der Waals surface area contributed by atoms with Crippen molar-refractivity contribution in [1.29, 1.82) is 0 Å². The highest BCUT2D eigenvalue weighted by molar-refractivity contribution is 8.00. The van der Waals surface area contributed by atoms with Crippen molar-refractivity contribution in [3.8, 4) is 5.69 Å². The number of rotatable bonds is 7. The average Bonchev–Trinajstić information content (AvgIpc) is 3.43. The van der Waals surface area contributed by atoms with Crippen molar-refractivity contribution in [3.05, 3.63) is 94.4 Å². The second-order valence-corrected chi connectivity index (χ2v) is 8.69. The molecule has 7 nitrogen and oxygen atoms in total. The average molecular weight is 450 g/mol. The molecule has 1 atom stereocenters. The fourth-order valence-electron chi connectivity index (χ4n) is 3.09. The minimum Gasteiger partial charge on any atom is -0.351 e. The van der Waals surface area contributed by atoms with Gasteiger partial charge in [0.15, 0.2) is 5.16 Å². The number of carbonyl (C=O) groups is 2. The molecule has 0 radical (unpaired) electrons. The third-order valence-corrected chi connectivity index (χ3v) is 6.51. The Morgan fingerprint density at radius 3 is 2.35 bits per heavy atom. The van der Waals surface area contributed by atoms with E-state index in [2.05, 4.69) is 21.6 Å². The lowest BCUT2D eigenvalue weighted by Crippen LogP contribution is -2.37. The monoisotopic (exact) mass is 449 g/mol. The van der Waals surface area contributed by atoms with Crippen molar-refractivity contribution in [1.82, 2.24) is 20.1 Å². The molecular weight excluding hydrogens is 430 g/mol. The smallest absolute Gasteiger partial charge is 0.318 e. The number of thiophene rings is 1. The van der Waals surface area contributed by atoms with Crippen molar-refractivity contribution in [2.45, 2.75) is 16.8 Å². The van der Waals surface area contributed by atoms with E-state index in [1.54, 1.807) is 11.3 Å². The zero-order valence-corrected chi connectivity index (χ0v) is 18.0. The molecule has 0 aliphatic heterocycles. The van der Waals surface area contributed by atoms with Gasteiger partial charge in [-0.15, -0.1) is 21.5 Å². The Morgan fingerprint density at radius 2 is 1.71 bits per heavy atom. The Morgan fingerprint density at radius 1 is 1.00 bits per heavy atom. The highest BCUT2D eigenvalue weighted by Gasteiger charge is 2.27. The summed E-state index contributed by atoms with van der Waals surface area (Å²) in [4.78, 5) is 25.3. The molecule has 3 N–H and O–H groups in total. The number of nitrogens with zero attached hydrogens (tertiary/aromatic N) is 3. The molecule has 0 spiro atoms. The number of benzene rings is 2. The van der Waals surface area contributed by atoms with Crippen molar-refractivity contribution >= 4 is 35.0 Å². The highest BCUT2D eigenvalue weighted by Crippen LogP contribution is 2.36. The molecule has 0 aliphatic rings. The standard InChI is InChI=1S/C22H19N5O2S2/c23-21(29)24-20(28)19(15-8-3-1-4-9-15)31-22-26-25-18(14-17-12-7-13-30-17)27(22)16-10-5-2-6-11-16/h1-13,19H,14H2,(H3,23,24,28,29)/t19-/m1/s1. The van der Waals surface area contributed by atoms with E-state index >= 15 is 0 Å². The van der Waals surface area contributed by atoms with E-state index in [1.165, 1.54) is 11.8 Å². The van der Waals surface area contributed by atoms with E-state index in [-0.39, 0.29) is 0 Å². The summed E-state index contributed by atoms with van der Waals surface area (Å²) >= 11 is 2.87. The predicted molar refractivity (Wildman–Crippen MR) is 121 cm³/mol. The first-order chi connectivity index (χ1) is 15.1. The van der Waals surface area contributed by atoms with Crippen LogP contribution in [0.15, 0.2) is 83.3 Å². The molecule has 0 aliphatic carbocycles. The number of para-hydroxylation sites is 1. The van der Waals surface area contributed by atoms with E-state index < -0.39 is 17.2 Å². The number of urea groups is 1. The summed E-state index contributed by atoms with van der Waals surface area (Å²) in [7, 11) is 0. The molecule has 4 aromatic rings. The van der Waals surface area contributed by atoms with E-state index in [1.807, 2.05) is 76.7 Å². The molecule has 0 saturated carbocycles. The minimum absolute atomic E-state index is 0.508. The van der Waals surface area contributed by atoms with Crippen LogP contribution in [0.3, 0.4) is 0 Å². The zero-order valence-electron chi connectivity index (χ0n) is 16.3. The largest absolute Gasteiger partial charge is 0.351 e. The van der Waals surface area contributed by atoms with Crippen molar-refractivity contribution < 1.29 is 9.59 Å². The molecule has 0 unspecified atom stereocenters. The molecule has 2 aromatic carbocycles. The third kappa shape index (κ3) is 5.01. The molecule has 31 heavy (non-hydrogen) atoms. The van der Waals surface area contributed by atoms with Gasteiger partial charge in [-0.1, -0.05) is 66.4 Å². The number of hydrogen-bond acceptors (Lipinski definition) is 6. The van der Waals surface area contributed by atoms with E-state index in [4.69, 9.17) is 5.73 Å². The maximum atomic E-state index is 12.8. The van der Waals surface area contributed by atoms with Gasteiger partial charge in [-0.2, -0.15) is 0 Å². The Kier molecular flexibility index (Phi) is 6.44. The third-order valence-electron chi connectivity index (χ3n) is 4.44. The van der Waals surface area contributed by atoms with Crippen LogP contribution in [0.25, 0.3) is 5.69 Å². The molecular formula is C22H19N5O2S2.